The van der Waals surface area contributed by atoms with Crippen molar-refractivity contribution in [3.63, 3.8) is 0 Å². The summed E-state index contributed by atoms with van der Waals surface area (Å²) in [5.74, 6) is 0.774. The van der Waals surface area contributed by atoms with Crippen LogP contribution in [0.5, 0.6) is 0 Å². The Balaban J connectivity index is 1.53. The van der Waals surface area contributed by atoms with Crippen LogP contribution >= 0.6 is 23.2 Å². The van der Waals surface area contributed by atoms with Crippen molar-refractivity contribution in [2.24, 2.45) is 0 Å². The molecule has 36 heavy (non-hydrogen) atoms. The van der Waals surface area contributed by atoms with E-state index in [-0.39, 0.29) is 5.91 Å². The molecule has 0 bridgehead atoms. The Labute approximate surface area is 221 Å². The number of fused-ring (bicyclic) bond motifs is 1. The van der Waals surface area contributed by atoms with E-state index >= 15 is 0 Å². The number of anilines is 1. The summed E-state index contributed by atoms with van der Waals surface area (Å²) in [5, 5.41) is 8.82. The van der Waals surface area contributed by atoms with Crippen LogP contribution in [0.3, 0.4) is 0 Å². The van der Waals surface area contributed by atoms with Crippen molar-refractivity contribution in [3.05, 3.63) is 129 Å². The lowest BCUT2D eigenvalue weighted by Gasteiger charge is -2.33. The van der Waals surface area contributed by atoms with Crippen LogP contribution in [0.25, 0.3) is 0 Å². The molecule has 2 heterocycles. The van der Waals surface area contributed by atoms with Crippen molar-refractivity contribution < 1.29 is 4.79 Å². The lowest BCUT2D eigenvalue weighted by Crippen LogP contribution is -2.39. The number of nitrogens with zero attached hydrogens (tertiary/aromatic N) is 3. The number of halogens is 2. The molecular formula is C29H26Cl2N4O. The highest BCUT2D eigenvalue weighted by Gasteiger charge is 2.35. The zero-order valence-electron chi connectivity index (χ0n) is 19.9. The lowest BCUT2D eigenvalue weighted by molar-refractivity contribution is -0.128. The lowest BCUT2D eigenvalue weighted by atomic mass is 9.94. The van der Waals surface area contributed by atoms with Gasteiger partial charge in [0.25, 0.3) is 5.91 Å². The van der Waals surface area contributed by atoms with E-state index in [0.717, 1.165) is 29.1 Å². The van der Waals surface area contributed by atoms with E-state index in [1.165, 1.54) is 5.56 Å². The highest BCUT2D eigenvalue weighted by molar-refractivity contribution is 6.42. The number of hydrogen-bond acceptors (Lipinski definition) is 3. The number of benzene rings is 3. The molecule has 4 aromatic rings. The zero-order chi connectivity index (χ0) is 25.1. The number of carbonyl (C=O) groups excluding carboxylic acids is 1. The molecule has 5 rings (SSSR count). The number of aromatic nitrogens is 2. The normalized spacial score (nSPS) is 14.8. The van der Waals surface area contributed by atoms with Gasteiger partial charge in [-0.15, -0.1) is 0 Å². The monoisotopic (exact) mass is 516 g/mol. The fraction of sp³-hybridized carbons (Fsp3) is 0.172. The maximum Gasteiger partial charge on any atom is 0.254 e. The van der Waals surface area contributed by atoms with Gasteiger partial charge >= 0.3 is 0 Å². The first-order valence-electron chi connectivity index (χ1n) is 11.8. The zero-order valence-corrected chi connectivity index (χ0v) is 21.4. The molecule has 0 aliphatic carbocycles. The van der Waals surface area contributed by atoms with Crippen molar-refractivity contribution in [1.82, 2.24) is 14.7 Å². The van der Waals surface area contributed by atoms with E-state index in [4.69, 9.17) is 23.2 Å². The standard InChI is InChI=1S/C29H26Cl2N4O/c1-20-27(28(35-26(33-20)14-16-32-35)23-12-13-24(30)25(31)18-23)29(36)34(19-22-10-6-3-7-11-22)17-15-21-8-4-2-5-9-21/h2-14,16,18,28,33H,15,17,19H2,1H3. The molecule has 1 amide bonds. The molecule has 0 fully saturated rings. The first kappa shape index (κ1) is 24.2. The maximum absolute atomic E-state index is 14.3. The van der Waals surface area contributed by atoms with E-state index in [1.54, 1.807) is 12.3 Å². The van der Waals surface area contributed by atoms with Crippen LogP contribution < -0.4 is 5.32 Å². The van der Waals surface area contributed by atoms with Gasteiger partial charge in [0.2, 0.25) is 0 Å². The van der Waals surface area contributed by atoms with Crippen LogP contribution in [0.1, 0.15) is 29.7 Å². The Kier molecular flexibility index (Phi) is 7.12. The van der Waals surface area contributed by atoms with Crippen molar-refractivity contribution in [2.75, 3.05) is 11.9 Å². The Morgan fingerprint density at radius 1 is 0.944 bits per heavy atom. The molecule has 5 nitrogen and oxygen atoms in total. The predicted molar refractivity (Wildman–Crippen MR) is 145 cm³/mol. The van der Waals surface area contributed by atoms with Gasteiger partial charge in [-0.05, 0) is 42.2 Å². The van der Waals surface area contributed by atoms with Gasteiger partial charge in [-0.2, -0.15) is 5.10 Å². The highest BCUT2D eigenvalue weighted by Crippen LogP contribution is 2.38. The van der Waals surface area contributed by atoms with E-state index in [1.807, 2.05) is 83.2 Å². The first-order valence-corrected chi connectivity index (χ1v) is 12.6. The minimum Gasteiger partial charge on any atom is -0.344 e. The fourth-order valence-corrected chi connectivity index (χ4v) is 4.92. The quantitative estimate of drug-likeness (QED) is 0.295. The molecule has 1 aliphatic heterocycles. The van der Waals surface area contributed by atoms with Gasteiger partial charge in [-0.25, -0.2) is 4.68 Å². The number of hydrogen-bond donors (Lipinski definition) is 1. The summed E-state index contributed by atoms with van der Waals surface area (Å²) < 4.78 is 1.83. The van der Waals surface area contributed by atoms with Gasteiger partial charge in [0.15, 0.2) is 0 Å². The minimum atomic E-state index is -0.437. The second-order valence-electron chi connectivity index (χ2n) is 8.85. The third-order valence-corrected chi connectivity index (χ3v) is 7.15. The Morgan fingerprint density at radius 3 is 2.33 bits per heavy atom. The second-order valence-corrected chi connectivity index (χ2v) is 9.66. The molecule has 1 N–H and O–H groups in total. The SMILES string of the molecule is CC1=C(C(=O)N(CCc2ccccc2)Cc2ccccc2)C(c2ccc(Cl)c(Cl)c2)n2nccc2N1. The molecule has 182 valence electrons. The van der Waals surface area contributed by atoms with Gasteiger partial charge in [-0.3, -0.25) is 4.79 Å². The summed E-state index contributed by atoms with van der Waals surface area (Å²) >= 11 is 12.6. The van der Waals surface area contributed by atoms with Crippen LogP contribution in [0.2, 0.25) is 10.0 Å². The largest absolute Gasteiger partial charge is 0.344 e. The van der Waals surface area contributed by atoms with E-state index in [0.29, 0.717) is 28.7 Å². The molecule has 1 aliphatic rings. The van der Waals surface area contributed by atoms with Gasteiger partial charge in [0.05, 0.1) is 21.8 Å². The van der Waals surface area contributed by atoms with Crippen molar-refractivity contribution in [3.8, 4) is 0 Å². The predicted octanol–water partition coefficient (Wildman–Crippen LogP) is 6.75. The Hall–Kier alpha value is -3.54. The number of allylic oxidation sites excluding steroid dienone is 1. The number of nitrogens with one attached hydrogen (secondary N) is 1. The van der Waals surface area contributed by atoms with Crippen LogP contribution in [-0.4, -0.2) is 27.1 Å². The summed E-state index contributed by atoms with van der Waals surface area (Å²) in [6.45, 7) is 3.02. The molecule has 3 aromatic carbocycles. The molecule has 1 unspecified atom stereocenters. The smallest absolute Gasteiger partial charge is 0.254 e. The molecule has 0 spiro atoms. The highest BCUT2D eigenvalue weighted by atomic mass is 35.5. The van der Waals surface area contributed by atoms with Crippen LogP contribution in [0.4, 0.5) is 5.82 Å². The van der Waals surface area contributed by atoms with E-state index in [9.17, 15) is 4.79 Å². The number of carbonyl (C=O) groups is 1. The maximum atomic E-state index is 14.3. The summed E-state index contributed by atoms with van der Waals surface area (Å²) in [7, 11) is 0. The molecule has 1 atom stereocenters. The minimum absolute atomic E-state index is 0.0444. The molecular weight excluding hydrogens is 491 g/mol. The fourth-order valence-electron chi connectivity index (χ4n) is 4.61. The van der Waals surface area contributed by atoms with Gasteiger partial charge in [-0.1, -0.05) is 89.9 Å². The summed E-state index contributed by atoms with van der Waals surface area (Å²) in [6.07, 6.45) is 2.48. The average Bonchev–Trinajstić information content (AvgIpc) is 3.36. The van der Waals surface area contributed by atoms with Gasteiger partial charge in [0.1, 0.15) is 11.9 Å². The van der Waals surface area contributed by atoms with Crippen molar-refractivity contribution in [1.29, 1.82) is 0 Å². The molecule has 0 radical (unpaired) electrons. The van der Waals surface area contributed by atoms with Gasteiger partial charge in [0, 0.05) is 24.9 Å². The van der Waals surface area contributed by atoms with Crippen molar-refractivity contribution in [2.45, 2.75) is 25.9 Å². The van der Waals surface area contributed by atoms with Gasteiger partial charge < -0.3 is 10.2 Å². The molecule has 0 saturated heterocycles. The first-order chi connectivity index (χ1) is 17.5. The van der Waals surface area contributed by atoms with Crippen molar-refractivity contribution >= 4 is 34.9 Å². The molecule has 1 aromatic heterocycles. The number of amides is 1. The summed E-state index contributed by atoms with van der Waals surface area (Å²) in [4.78, 5) is 16.2. The number of rotatable bonds is 7. The molecule has 7 heteroatoms. The molecule has 0 saturated carbocycles. The topological polar surface area (TPSA) is 50.2 Å². The van der Waals surface area contributed by atoms with Crippen LogP contribution in [-0.2, 0) is 17.8 Å². The summed E-state index contributed by atoms with van der Waals surface area (Å²) in [6, 6.07) is 27.2. The van der Waals surface area contributed by atoms with Crippen LogP contribution in [0, 0.1) is 0 Å². The Morgan fingerprint density at radius 2 is 1.64 bits per heavy atom. The van der Waals surface area contributed by atoms with Crippen LogP contribution in [0.15, 0.2) is 102 Å². The Bertz CT molecular complexity index is 1400. The average molecular weight is 517 g/mol. The van der Waals surface area contributed by atoms with E-state index in [2.05, 4.69) is 22.5 Å². The summed E-state index contributed by atoms with van der Waals surface area (Å²) in [5.41, 5.74) is 4.54. The third kappa shape index (κ3) is 5.03. The second kappa shape index (κ2) is 10.6. The van der Waals surface area contributed by atoms with E-state index < -0.39 is 6.04 Å². The third-order valence-electron chi connectivity index (χ3n) is 6.41.